The van der Waals surface area contributed by atoms with Gasteiger partial charge in [0.2, 0.25) is 0 Å². The van der Waals surface area contributed by atoms with Gasteiger partial charge in [0.1, 0.15) is 11.4 Å². The zero-order valence-corrected chi connectivity index (χ0v) is 8.35. The third kappa shape index (κ3) is 2.46. The summed E-state index contributed by atoms with van der Waals surface area (Å²) in [7, 11) is 0. The quantitative estimate of drug-likeness (QED) is 0.824. The minimum Gasteiger partial charge on any atom is -0.489 e. The van der Waals surface area contributed by atoms with Gasteiger partial charge in [0.15, 0.2) is 0 Å². The highest BCUT2D eigenvalue weighted by Gasteiger charge is 2.16. The van der Waals surface area contributed by atoms with Gasteiger partial charge < -0.3 is 9.84 Å². The van der Waals surface area contributed by atoms with E-state index < -0.39 is 5.97 Å². The first-order valence-electron chi connectivity index (χ1n) is 5.12. The van der Waals surface area contributed by atoms with Gasteiger partial charge in [-0.1, -0.05) is 0 Å². The van der Waals surface area contributed by atoms with Gasteiger partial charge in [-0.25, -0.2) is 9.78 Å². The Morgan fingerprint density at radius 1 is 1.40 bits per heavy atom. The Bertz CT molecular complexity index is 341. The summed E-state index contributed by atoms with van der Waals surface area (Å²) in [6.45, 7) is 0. The van der Waals surface area contributed by atoms with Crippen molar-refractivity contribution < 1.29 is 14.6 Å². The van der Waals surface area contributed by atoms with E-state index in [-0.39, 0.29) is 11.8 Å². The van der Waals surface area contributed by atoms with Gasteiger partial charge in [0, 0.05) is 0 Å². The van der Waals surface area contributed by atoms with Crippen LogP contribution in [0.2, 0.25) is 0 Å². The van der Waals surface area contributed by atoms with Gasteiger partial charge in [0.05, 0.1) is 12.3 Å². The predicted molar refractivity (Wildman–Crippen MR) is 54.1 cm³/mol. The molecule has 0 amide bonds. The maximum absolute atomic E-state index is 10.6. The summed E-state index contributed by atoms with van der Waals surface area (Å²) in [5.74, 6) is -0.352. The molecule has 15 heavy (non-hydrogen) atoms. The summed E-state index contributed by atoms with van der Waals surface area (Å²) in [4.78, 5) is 14.3. The molecule has 1 aliphatic carbocycles. The fourth-order valence-corrected chi connectivity index (χ4v) is 1.78. The van der Waals surface area contributed by atoms with E-state index in [1.54, 1.807) is 6.07 Å². The van der Waals surface area contributed by atoms with Crippen LogP contribution in [0.1, 0.15) is 36.2 Å². The van der Waals surface area contributed by atoms with Gasteiger partial charge >= 0.3 is 5.97 Å². The minimum atomic E-state index is -1.01. The standard InChI is InChI=1S/C11H13NO3/c13-11(14)10-6-5-9(7-12-10)15-8-3-1-2-4-8/h5-8H,1-4H2,(H,13,14). The summed E-state index contributed by atoms with van der Waals surface area (Å²) < 4.78 is 5.65. The summed E-state index contributed by atoms with van der Waals surface area (Å²) in [5.41, 5.74) is 0.0498. The number of nitrogens with zero attached hydrogens (tertiary/aromatic N) is 1. The van der Waals surface area contributed by atoms with Crippen LogP contribution in [0.5, 0.6) is 5.75 Å². The third-order valence-electron chi connectivity index (χ3n) is 2.56. The average Bonchev–Trinajstić information content (AvgIpc) is 2.71. The van der Waals surface area contributed by atoms with Crippen LogP contribution in [0, 0.1) is 0 Å². The third-order valence-corrected chi connectivity index (χ3v) is 2.56. The van der Waals surface area contributed by atoms with Crippen LogP contribution in [0.3, 0.4) is 0 Å². The summed E-state index contributed by atoms with van der Waals surface area (Å²) in [5, 5.41) is 8.66. The largest absolute Gasteiger partial charge is 0.489 e. The molecule has 0 bridgehead atoms. The van der Waals surface area contributed by atoms with Crippen LogP contribution in [0.15, 0.2) is 18.3 Å². The van der Waals surface area contributed by atoms with Crippen molar-refractivity contribution in [2.24, 2.45) is 0 Å². The normalized spacial score (nSPS) is 16.5. The molecular formula is C11H13NO3. The second-order valence-electron chi connectivity index (χ2n) is 3.71. The van der Waals surface area contributed by atoms with Crippen LogP contribution < -0.4 is 4.74 Å². The number of aromatic carboxylic acids is 1. The lowest BCUT2D eigenvalue weighted by atomic mass is 10.3. The molecule has 0 radical (unpaired) electrons. The molecule has 1 heterocycles. The summed E-state index contributed by atoms with van der Waals surface area (Å²) >= 11 is 0. The van der Waals surface area contributed by atoms with E-state index in [2.05, 4.69) is 4.98 Å². The van der Waals surface area contributed by atoms with E-state index in [0.717, 1.165) is 12.8 Å². The highest BCUT2D eigenvalue weighted by atomic mass is 16.5. The van der Waals surface area contributed by atoms with E-state index in [1.165, 1.54) is 25.1 Å². The first-order chi connectivity index (χ1) is 7.25. The lowest BCUT2D eigenvalue weighted by molar-refractivity contribution is 0.0690. The zero-order chi connectivity index (χ0) is 10.7. The molecule has 2 rings (SSSR count). The average molecular weight is 207 g/mol. The lowest BCUT2D eigenvalue weighted by Crippen LogP contribution is -2.11. The Labute approximate surface area is 87.9 Å². The first-order valence-corrected chi connectivity index (χ1v) is 5.12. The Kier molecular flexibility index (Phi) is 2.85. The number of rotatable bonds is 3. The van der Waals surface area contributed by atoms with E-state index in [9.17, 15) is 4.79 Å². The molecule has 1 N–H and O–H groups in total. The van der Waals surface area contributed by atoms with Crippen LogP contribution in [-0.4, -0.2) is 22.2 Å². The molecule has 80 valence electrons. The predicted octanol–water partition coefficient (Wildman–Crippen LogP) is 2.10. The number of hydrogen-bond acceptors (Lipinski definition) is 3. The van der Waals surface area contributed by atoms with Gasteiger partial charge in [-0.15, -0.1) is 0 Å². The molecule has 4 nitrogen and oxygen atoms in total. The van der Waals surface area contributed by atoms with Crippen molar-refractivity contribution in [3.63, 3.8) is 0 Å². The van der Waals surface area contributed by atoms with Crippen LogP contribution >= 0.6 is 0 Å². The molecule has 1 aromatic rings. The second-order valence-corrected chi connectivity index (χ2v) is 3.71. The fourth-order valence-electron chi connectivity index (χ4n) is 1.78. The highest BCUT2D eigenvalue weighted by Crippen LogP contribution is 2.23. The number of carboxylic acid groups (broad SMARTS) is 1. The Hall–Kier alpha value is -1.58. The van der Waals surface area contributed by atoms with Gasteiger partial charge in [-0.3, -0.25) is 0 Å². The Morgan fingerprint density at radius 3 is 2.67 bits per heavy atom. The van der Waals surface area contributed by atoms with Gasteiger partial charge in [-0.05, 0) is 37.8 Å². The van der Waals surface area contributed by atoms with Crippen LogP contribution in [0.4, 0.5) is 0 Å². The van der Waals surface area contributed by atoms with E-state index in [1.807, 2.05) is 0 Å². The van der Waals surface area contributed by atoms with Crippen molar-refractivity contribution in [2.75, 3.05) is 0 Å². The molecule has 4 heteroatoms. The number of ether oxygens (including phenoxy) is 1. The van der Waals surface area contributed by atoms with E-state index in [0.29, 0.717) is 5.75 Å². The molecular weight excluding hydrogens is 194 g/mol. The SMILES string of the molecule is O=C(O)c1ccc(OC2CCCC2)cn1. The molecule has 1 aromatic heterocycles. The van der Waals surface area contributed by atoms with E-state index >= 15 is 0 Å². The number of pyridine rings is 1. The fraction of sp³-hybridized carbons (Fsp3) is 0.455. The van der Waals surface area contributed by atoms with E-state index in [4.69, 9.17) is 9.84 Å². The molecule has 1 saturated carbocycles. The minimum absolute atomic E-state index is 0.0498. The van der Waals surface area contributed by atoms with Crippen molar-refractivity contribution in [1.82, 2.24) is 4.98 Å². The summed E-state index contributed by atoms with van der Waals surface area (Å²) in [6, 6.07) is 3.13. The highest BCUT2D eigenvalue weighted by molar-refractivity contribution is 5.85. The lowest BCUT2D eigenvalue weighted by Gasteiger charge is -2.12. The molecule has 0 aliphatic heterocycles. The number of aromatic nitrogens is 1. The molecule has 1 fully saturated rings. The smallest absolute Gasteiger partial charge is 0.354 e. The number of hydrogen-bond donors (Lipinski definition) is 1. The van der Waals surface area contributed by atoms with Crippen molar-refractivity contribution >= 4 is 5.97 Å². The molecule has 0 saturated heterocycles. The monoisotopic (exact) mass is 207 g/mol. The molecule has 0 aromatic carbocycles. The second kappa shape index (κ2) is 4.29. The summed E-state index contributed by atoms with van der Waals surface area (Å²) in [6.07, 6.45) is 6.35. The zero-order valence-electron chi connectivity index (χ0n) is 8.35. The number of carbonyl (C=O) groups is 1. The maximum atomic E-state index is 10.6. The Balaban J connectivity index is 2.00. The number of carboxylic acids is 1. The Morgan fingerprint density at radius 2 is 2.13 bits per heavy atom. The van der Waals surface area contributed by atoms with Crippen molar-refractivity contribution in [2.45, 2.75) is 31.8 Å². The van der Waals surface area contributed by atoms with Crippen LogP contribution in [-0.2, 0) is 0 Å². The molecule has 0 spiro atoms. The van der Waals surface area contributed by atoms with Gasteiger partial charge in [0.25, 0.3) is 0 Å². The molecule has 1 aliphatic rings. The molecule has 0 atom stereocenters. The molecule has 0 unspecified atom stereocenters. The topological polar surface area (TPSA) is 59.4 Å². The van der Waals surface area contributed by atoms with Crippen LogP contribution in [0.25, 0.3) is 0 Å². The van der Waals surface area contributed by atoms with Gasteiger partial charge in [-0.2, -0.15) is 0 Å². The van der Waals surface area contributed by atoms with Crippen molar-refractivity contribution in [3.8, 4) is 5.75 Å². The maximum Gasteiger partial charge on any atom is 0.354 e. The first kappa shape index (κ1) is 9.96. The van der Waals surface area contributed by atoms with Crippen molar-refractivity contribution in [1.29, 1.82) is 0 Å². The van der Waals surface area contributed by atoms with Crippen molar-refractivity contribution in [3.05, 3.63) is 24.0 Å².